The summed E-state index contributed by atoms with van der Waals surface area (Å²) in [6, 6.07) is 13.1. The molecule has 0 fully saturated rings. The minimum atomic E-state index is -0.215. The van der Waals surface area contributed by atoms with Crippen LogP contribution in [0.25, 0.3) is 0 Å². The van der Waals surface area contributed by atoms with Crippen molar-refractivity contribution in [2.24, 2.45) is 0 Å². The number of nitrogens with one attached hydrogen (secondary N) is 2. The van der Waals surface area contributed by atoms with Crippen molar-refractivity contribution in [3.8, 4) is 0 Å². The van der Waals surface area contributed by atoms with Crippen LogP contribution >= 0.6 is 27.7 Å². The van der Waals surface area contributed by atoms with Crippen LogP contribution in [0.4, 0.5) is 5.69 Å². The molecule has 1 heterocycles. The first-order valence-electron chi connectivity index (χ1n) is 9.94. The molecule has 0 saturated heterocycles. The Hall–Kier alpha value is -2.91. The maximum atomic E-state index is 12.5. The van der Waals surface area contributed by atoms with E-state index in [1.54, 1.807) is 18.2 Å². The van der Waals surface area contributed by atoms with Crippen molar-refractivity contribution in [1.82, 2.24) is 20.1 Å². The molecular weight excluding hydrogens is 490 g/mol. The van der Waals surface area contributed by atoms with Crippen molar-refractivity contribution in [3.05, 3.63) is 82.1 Å². The highest BCUT2D eigenvalue weighted by molar-refractivity contribution is 9.10. The second-order valence-corrected chi connectivity index (χ2v) is 8.91. The summed E-state index contributed by atoms with van der Waals surface area (Å²) in [5, 5.41) is 14.8. The number of anilines is 1. The zero-order valence-electron chi connectivity index (χ0n) is 17.9. The zero-order chi connectivity index (χ0) is 23.1. The topological polar surface area (TPSA) is 88.9 Å². The van der Waals surface area contributed by atoms with E-state index < -0.39 is 0 Å². The first-order valence-corrected chi connectivity index (χ1v) is 11.7. The summed E-state index contributed by atoms with van der Waals surface area (Å²) in [5.41, 5.74) is 3.43. The molecule has 3 rings (SSSR count). The van der Waals surface area contributed by atoms with Gasteiger partial charge in [0.2, 0.25) is 5.91 Å². The van der Waals surface area contributed by atoms with E-state index in [0.29, 0.717) is 23.1 Å². The molecule has 0 spiro atoms. The number of allylic oxidation sites excluding steroid dienone is 1. The SMILES string of the molecule is C=CCn1c(CNC(=O)c2ccccc2Br)nnc1SCC(=O)Nc1cc(C)ccc1C. The van der Waals surface area contributed by atoms with Gasteiger partial charge in [-0.05, 0) is 59.1 Å². The number of aromatic nitrogens is 3. The molecule has 2 aromatic carbocycles. The Morgan fingerprint density at radius 3 is 2.72 bits per heavy atom. The Morgan fingerprint density at radius 1 is 1.19 bits per heavy atom. The maximum absolute atomic E-state index is 12.5. The van der Waals surface area contributed by atoms with Crippen molar-refractivity contribution in [1.29, 1.82) is 0 Å². The van der Waals surface area contributed by atoms with Gasteiger partial charge in [0.25, 0.3) is 5.91 Å². The van der Waals surface area contributed by atoms with Gasteiger partial charge in [0, 0.05) is 16.7 Å². The van der Waals surface area contributed by atoms with Crippen LogP contribution < -0.4 is 10.6 Å². The quantitative estimate of drug-likeness (QED) is 0.324. The van der Waals surface area contributed by atoms with E-state index in [1.165, 1.54) is 11.8 Å². The van der Waals surface area contributed by atoms with Gasteiger partial charge in [-0.15, -0.1) is 16.8 Å². The lowest BCUT2D eigenvalue weighted by Crippen LogP contribution is -2.25. The van der Waals surface area contributed by atoms with E-state index in [1.807, 2.05) is 48.7 Å². The van der Waals surface area contributed by atoms with Gasteiger partial charge < -0.3 is 15.2 Å². The molecule has 166 valence electrons. The number of aryl methyl sites for hydroxylation is 2. The predicted molar refractivity (Wildman–Crippen MR) is 131 cm³/mol. The van der Waals surface area contributed by atoms with Crippen molar-refractivity contribution in [2.45, 2.75) is 32.1 Å². The van der Waals surface area contributed by atoms with Gasteiger partial charge in [0.05, 0.1) is 17.9 Å². The molecule has 0 radical (unpaired) electrons. The third-order valence-corrected chi connectivity index (χ3v) is 6.29. The summed E-state index contributed by atoms with van der Waals surface area (Å²) in [6.45, 7) is 8.39. The molecule has 0 atom stereocenters. The number of hydrogen-bond acceptors (Lipinski definition) is 5. The van der Waals surface area contributed by atoms with Gasteiger partial charge in [-0.1, -0.05) is 42.1 Å². The molecule has 0 bridgehead atoms. The molecule has 0 aliphatic carbocycles. The fraction of sp³-hybridized carbons (Fsp3) is 0.217. The van der Waals surface area contributed by atoms with Gasteiger partial charge >= 0.3 is 0 Å². The summed E-state index contributed by atoms with van der Waals surface area (Å²) in [7, 11) is 0. The van der Waals surface area contributed by atoms with Crippen LogP contribution in [0.1, 0.15) is 27.3 Å². The number of carbonyl (C=O) groups excluding carboxylic acids is 2. The molecule has 32 heavy (non-hydrogen) atoms. The minimum absolute atomic E-state index is 0.124. The number of benzene rings is 2. The van der Waals surface area contributed by atoms with Crippen LogP contribution in [0.5, 0.6) is 0 Å². The first kappa shape index (κ1) is 23.7. The van der Waals surface area contributed by atoms with Gasteiger partial charge in [0.15, 0.2) is 11.0 Å². The molecule has 1 aromatic heterocycles. The van der Waals surface area contributed by atoms with Crippen LogP contribution in [-0.4, -0.2) is 32.3 Å². The van der Waals surface area contributed by atoms with E-state index in [-0.39, 0.29) is 24.1 Å². The number of carbonyl (C=O) groups is 2. The van der Waals surface area contributed by atoms with Crippen LogP contribution in [0.3, 0.4) is 0 Å². The lowest BCUT2D eigenvalue weighted by molar-refractivity contribution is -0.113. The van der Waals surface area contributed by atoms with E-state index in [9.17, 15) is 9.59 Å². The van der Waals surface area contributed by atoms with E-state index >= 15 is 0 Å². The molecule has 7 nitrogen and oxygen atoms in total. The van der Waals surface area contributed by atoms with Crippen molar-refractivity contribution >= 4 is 45.2 Å². The fourth-order valence-corrected chi connectivity index (χ4v) is 4.19. The van der Waals surface area contributed by atoms with Crippen molar-refractivity contribution in [2.75, 3.05) is 11.1 Å². The van der Waals surface area contributed by atoms with Gasteiger partial charge in [-0.2, -0.15) is 0 Å². The van der Waals surface area contributed by atoms with Crippen LogP contribution in [-0.2, 0) is 17.9 Å². The smallest absolute Gasteiger partial charge is 0.252 e. The standard InChI is InChI=1S/C23H24BrN5O2S/c1-4-11-29-20(13-25-22(31)17-7-5-6-8-18(17)24)27-28-23(29)32-14-21(30)26-19-12-15(2)9-10-16(19)3/h4-10,12H,1,11,13-14H2,2-3H3,(H,25,31)(H,26,30). The fourth-order valence-electron chi connectivity index (χ4n) is 2.96. The average Bonchev–Trinajstić information content (AvgIpc) is 3.15. The second kappa shape index (κ2) is 11.1. The molecule has 2 N–H and O–H groups in total. The Morgan fingerprint density at radius 2 is 1.97 bits per heavy atom. The van der Waals surface area contributed by atoms with E-state index in [4.69, 9.17) is 0 Å². The van der Waals surface area contributed by atoms with E-state index in [0.717, 1.165) is 21.3 Å². The van der Waals surface area contributed by atoms with Crippen LogP contribution in [0, 0.1) is 13.8 Å². The average molecular weight is 514 g/mol. The second-order valence-electron chi connectivity index (χ2n) is 7.12. The number of nitrogens with zero attached hydrogens (tertiary/aromatic N) is 3. The number of hydrogen-bond donors (Lipinski definition) is 2. The normalized spacial score (nSPS) is 10.6. The first-order chi connectivity index (χ1) is 15.4. The third kappa shape index (κ3) is 6.08. The Kier molecular flexibility index (Phi) is 8.24. The molecule has 0 unspecified atom stereocenters. The molecule has 3 aromatic rings. The van der Waals surface area contributed by atoms with Crippen LogP contribution in [0.15, 0.2) is 64.7 Å². The lowest BCUT2D eigenvalue weighted by Gasteiger charge is -2.10. The predicted octanol–water partition coefficient (Wildman–Crippen LogP) is 4.50. The summed E-state index contributed by atoms with van der Waals surface area (Å²) < 4.78 is 2.56. The highest BCUT2D eigenvalue weighted by atomic mass is 79.9. The molecule has 2 amide bonds. The highest BCUT2D eigenvalue weighted by Crippen LogP contribution is 2.20. The summed E-state index contributed by atoms with van der Waals surface area (Å²) in [4.78, 5) is 24.9. The monoisotopic (exact) mass is 513 g/mol. The van der Waals surface area contributed by atoms with Gasteiger partial charge in [0.1, 0.15) is 0 Å². The maximum Gasteiger partial charge on any atom is 0.252 e. The van der Waals surface area contributed by atoms with Crippen molar-refractivity contribution < 1.29 is 9.59 Å². The van der Waals surface area contributed by atoms with Crippen molar-refractivity contribution in [3.63, 3.8) is 0 Å². The summed E-state index contributed by atoms with van der Waals surface area (Å²) in [6.07, 6.45) is 1.72. The lowest BCUT2D eigenvalue weighted by atomic mass is 10.1. The van der Waals surface area contributed by atoms with Gasteiger partial charge in [-0.25, -0.2) is 0 Å². The van der Waals surface area contributed by atoms with E-state index in [2.05, 4.69) is 43.3 Å². The molecule has 9 heteroatoms. The molecule has 0 saturated carbocycles. The Labute approximate surface area is 199 Å². The van der Waals surface area contributed by atoms with Crippen LogP contribution in [0.2, 0.25) is 0 Å². The third-order valence-electron chi connectivity index (χ3n) is 4.63. The zero-order valence-corrected chi connectivity index (χ0v) is 20.3. The summed E-state index contributed by atoms with van der Waals surface area (Å²) >= 11 is 4.67. The number of amides is 2. The summed E-state index contributed by atoms with van der Waals surface area (Å²) in [5.74, 6) is 0.433. The molecule has 0 aliphatic rings. The Balaban J connectivity index is 1.63. The highest BCUT2D eigenvalue weighted by Gasteiger charge is 2.16. The van der Waals surface area contributed by atoms with Gasteiger partial charge in [-0.3, -0.25) is 9.59 Å². The molecule has 0 aliphatic heterocycles. The number of thioether (sulfide) groups is 1. The Bertz CT molecular complexity index is 1150. The number of halogens is 1. The largest absolute Gasteiger partial charge is 0.345 e. The molecular formula is C23H24BrN5O2S. The minimum Gasteiger partial charge on any atom is -0.345 e. The number of rotatable bonds is 9.